The van der Waals surface area contributed by atoms with Crippen LogP contribution in [0.25, 0.3) is 0 Å². The molecule has 2 aliphatic rings. The Hall–Kier alpha value is -2.55. The van der Waals surface area contributed by atoms with E-state index < -0.39 is 0 Å². The number of nitrogens with one attached hydrogen (secondary N) is 2. The predicted octanol–water partition coefficient (Wildman–Crippen LogP) is 2.02. The minimum atomic E-state index is -0.292. The van der Waals surface area contributed by atoms with E-state index in [9.17, 15) is 5.11 Å². The molecule has 0 radical (unpaired) electrons. The molecular weight excluding hydrogens is 368 g/mol. The summed E-state index contributed by atoms with van der Waals surface area (Å²) >= 11 is 0. The van der Waals surface area contributed by atoms with E-state index >= 15 is 0 Å². The van der Waals surface area contributed by atoms with E-state index in [0.717, 1.165) is 41.3 Å². The van der Waals surface area contributed by atoms with Gasteiger partial charge in [0.2, 0.25) is 0 Å². The van der Waals surface area contributed by atoms with Gasteiger partial charge in [-0.15, -0.1) is 0 Å². The van der Waals surface area contributed by atoms with E-state index in [-0.39, 0.29) is 12.2 Å². The molecule has 8 nitrogen and oxygen atoms in total. The Labute approximate surface area is 171 Å². The molecule has 2 saturated heterocycles. The number of aliphatic hydroxyl groups excluding tert-OH is 1. The van der Waals surface area contributed by atoms with Gasteiger partial charge in [-0.2, -0.15) is 0 Å². The first-order valence-corrected chi connectivity index (χ1v) is 9.94. The fourth-order valence-corrected chi connectivity index (χ4v) is 3.85. The maximum atomic E-state index is 9.58. The number of hydrogen-bond donors (Lipinski definition) is 3. The van der Waals surface area contributed by atoms with Crippen LogP contribution in [0.5, 0.6) is 0 Å². The summed E-state index contributed by atoms with van der Waals surface area (Å²) in [5, 5.41) is 20.8. The monoisotopic (exact) mass is 396 g/mol. The third-order valence-electron chi connectivity index (χ3n) is 5.48. The van der Waals surface area contributed by atoms with Gasteiger partial charge in [-0.1, -0.05) is 0 Å². The molecule has 0 bridgehead atoms. The molecule has 1 aromatic carbocycles. The molecule has 0 saturated carbocycles. The topological polar surface area (TPSA) is 97.6 Å². The number of anilines is 3. The number of β-amino-alcohol motifs (C(OH)–C–C–N with tert-alkyl or cyclic N) is 1. The maximum Gasteiger partial charge on any atom is 0.136 e. The van der Waals surface area contributed by atoms with E-state index in [4.69, 9.17) is 10.1 Å². The minimum Gasteiger partial charge on any atom is -0.389 e. The van der Waals surface area contributed by atoms with Crippen LogP contribution >= 0.6 is 0 Å². The lowest BCUT2D eigenvalue weighted by Gasteiger charge is -2.37. The summed E-state index contributed by atoms with van der Waals surface area (Å²) < 4.78 is 6.01. The molecular formula is C21H28N6O2. The van der Waals surface area contributed by atoms with Crippen molar-refractivity contribution < 1.29 is 9.84 Å². The number of morpholine rings is 1. The fourth-order valence-electron chi connectivity index (χ4n) is 3.85. The Morgan fingerprint density at radius 1 is 1.21 bits per heavy atom. The summed E-state index contributed by atoms with van der Waals surface area (Å²) in [7, 11) is 2.11. The number of rotatable bonds is 5. The maximum absolute atomic E-state index is 9.58. The molecule has 4 rings (SSSR count). The van der Waals surface area contributed by atoms with Crippen molar-refractivity contribution >= 4 is 23.5 Å². The molecule has 2 aliphatic heterocycles. The molecule has 8 heteroatoms. The highest BCUT2D eigenvalue weighted by atomic mass is 16.5. The lowest BCUT2D eigenvalue weighted by atomic mass is 9.98. The van der Waals surface area contributed by atoms with Gasteiger partial charge in [0.05, 0.1) is 18.8 Å². The first kappa shape index (κ1) is 19.8. The number of benzene rings is 1. The SMILES string of the molecule is Cc1nc(Nc2cc(C3CN(C)CCO3)c(C)cc2C=N)cc(N2CC(O)C2)n1. The van der Waals surface area contributed by atoms with Crippen LogP contribution in [-0.2, 0) is 4.74 Å². The van der Waals surface area contributed by atoms with Crippen LogP contribution < -0.4 is 10.2 Å². The summed E-state index contributed by atoms with van der Waals surface area (Å²) in [4.78, 5) is 13.3. The molecule has 3 heterocycles. The van der Waals surface area contributed by atoms with Gasteiger partial charge in [-0.3, -0.25) is 0 Å². The second-order valence-corrected chi connectivity index (χ2v) is 7.90. The Morgan fingerprint density at radius 2 is 2.00 bits per heavy atom. The summed E-state index contributed by atoms with van der Waals surface area (Å²) in [5.74, 6) is 2.13. The van der Waals surface area contributed by atoms with Gasteiger partial charge < -0.3 is 30.4 Å². The van der Waals surface area contributed by atoms with Crippen molar-refractivity contribution in [2.75, 3.05) is 50.1 Å². The van der Waals surface area contributed by atoms with E-state index in [2.05, 4.69) is 40.2 Å². The zero-order chi connectivity index (χ0) is 20.5. The third kappa shape index (κ3) is 4.24. The first-order chi connectivity index (χ1) is 13.9. The predicted molar refractivity (Wildman–Crippen MR) is 114 cm³/mol. The van der Waals surface area contributed by atoms with Crippen molar-refractivity contribution in [3.05, 3.63) is 40.7 Å². The molecule has 0 spiro atoms. The van der Waals surface area contributed by atoms with Crippen LogP contribution in [-0.4, -0.2) is 72.1 Å². The largest absolute Gasteiger partial charge is 0.389 e. The number of aryl methyl sites for hydroxylation is 2. The van der Waals surface area contributed by atoms with Crippen molar-refractivity contribution in [1.82, 2.24) is 14.9 Å². The van der Waals surface area contributed by atoms with Gasteiger partial charge in [-0.25, -0.2) is 9.97 Å². The van der Waals surface area contributed by atoms with Crippen molar-refractivity contribution in [3.8, 4) is 0 Å². The molecule has 1 aromatic heterocycles. The van der Waals surface area contributed by atoms with Crippen molar-refractivity contribution in [3.63, 3.8) is 0 Å². The van der Waals surface area contributed by atoms with E-state index in [0.29, 0.717) is 31.3 Å². The molecule has 0 amide bonds. The molecule has 0 aliphatic carbocycles. The zero-order valence-electron chi connectivity index (χ0n) is 17.1. The zero-order valence-corrected chi connectivity index (χ0v) is 17.1. The Bertz CT molecular complexity index is 912. The molecule has 1 unspecified atom stereocenters. The lowest BCUT2D eigenvalue weighted by Crippen LogP contribution is -2.51. The molecule has 2 aromatic rings. The molecule has 154 valence electrons. The molecule has 29 heavy (non-hydrogen) atoms. The van der Waals surface area contributed by atoms with E-state index in [1.807, 2.05) is 24.0 Å². The quantitative estimate of drug-likeness (QED) is 0.665. The molecule has 3 N–H and O–H groups in total. The van der Waals surface area contributed by atoms with E-state index in [1.165, 1.54) is 6.21 Å². The smallest absolute Gasteiger partial charge is 0.136 e. The Morgan fingerprint density at radius 3 is 2.69 bits per heavy atom. The standard InChI is InChI=1S/C21H28N6O2/c1-13-6-15(9-22)18(7-17(13)19-12-26(3)4-5-29-19)25-20-8-21(24-14(2)23-20)27-10-16(28)11-27/h6-9,16,19,22,28H,4-5,10-12H2,1-3H3,(H,23,24,25). The van der Waals surface area contributed by atoms with Crippen molar-refractivity contribution in [1.29, 1.82) is 5.41 Å². The van der Waals surface area contributed by atoms with Crippen LogP contribution in [0.15, 0.2) is 18.2 Å². The fraction of sp³-hybridized carbons (Fsp3) is 0.476. The summed E-state index contributed by atoms with van der Waals surface area (Å²) in [6, 6.07) is 5.98. The van der Waals surface area contributed by atoms with Gasteiger partial charge >= 0.3 is 0 Å². The van der Waals surface area contributed by atoms with Gasteiger partial charge in [-0.05, 0) is 44.2 Å². The molecule has 2 fully saturated rings. The van der Waals surface area contributed by atoms with Crippen LogP contribution in [0.3, 0.4) is 0 Å². The highest BCUT2D eigenvalue weighted by Crippen LogP contribution is 2.31. The Kier molecular flexibility index (Phi) is 5.49. The summed E-state index contributed by atoms with van der Waals surface area (Å²) in [6.45, 7) is 7.59. The van der Waals surface area contributed by atoms with E-state index in [1.54, 1.807) is 0 Å². The number of nitrogens with zero attached hydrogens (tertiary/aromatic N) is 4. The highest BCUT2D eigenvalue weighted by Gasteiger charge is 2.26. The number of aromatic nitrogens is 2. The second kappa shape index (κ2) is 8.06. The van der Waals surface area contributed by atoms with Crippen LogP contribution in [0, 0.1) is 19.3 Å². The van der Waals surface area contributed by atoms with Crippen LogP contribution in [0.2, 0.25) is 0 Å². The van der Waals surface area contributed by atoms with Gasteiger partial charge in [0, 0.05) is 49.7 Å². The van der Waals surface area contributed by atoms with Gasteiger partial charge in [0.1, 0.15) is 17.5 Å². The second-order valence-electron chi connectivity index (χ2n) is 7.90. The third-order valence-corrected chi connectivity index (χ3v) is 5.48. The number of hydrogen-bond acceptors (Lipinski definition) is 8. The normalized spacial score (nSPS) is 20.4. The van der Waals surface area contributed by atoms with Gasteiger partial charge in [0.15, 0.2) is 0 Å². The summed E-state index contributed by atoms with van der Waals surface area (Å²) in [5.41, 5.74) is 3.86. The Balaban J connectivity index is 1.64. The first-order valence-electron chi connectivity index (χ1n) is 9.94. The van der Waals surface area contributed by atoms with Crippen LogP contribution in [0.1, 0.15) is 28.6 Å². The average molecular weight is 396 g/mol. The average Bonchev–Trinajstić information content (AvgIpc) is 2.66. The lowest BCUT2D eigenvalue weighted by molar-refractivity contribution is -0.0211. The number of ether oxygens (including phenoxy) is 1. The van der Waals surface area contributed by atoms with Crippen molar-refractivity contribution in [2.24, 2.45) is 0 Å². The minimum absolute atomic E-state index is 0.0133. The summed E-state index contributed by atoms with van der Waals surface area (Å²) in [6.07, 6.45) is 1.08. The van der Waals surface area contributed by atoms with Crippen LogP contribution in [0.4, 0.5) is 17.3 Å². The molecule has 1 atom stereocenters. The van der Waals surface area contributed by atoms with Crippen molar-refractivity contribution in [2.45, 2.75) is 26.1 Å². The van der Waals surface area contributed by atoms with Gasteiger partial charge in [0.25, 0.3) is 0 Å². The number of likely N-dealkylation sites (N-methyl/N-ethyl adjacent to an activating group) is 1. The number of aliphatic hydroxyl groups is 1. The highest BCUT2D eigenvalue weighted by molar-refractivity contribution is 5.88.